The van der Waals surface area contributed by atoms with E-state index in [1.165, 1.54) is 29.4 Å². The summed E-state index contributed by atoms with van der Waals surface area (Å²) in [5.74, 6) is -0.303. The molecule has 38 heavy (non-hydrogen) atoms. The monoisotopic (exact) mass is 521 g/mol. The smallest absolute Gasteiger partial charge is 0.256 e. The Morgan fingerprint density at radius 1 is 1.03 bits per heavy atom. The van der Waals surface area contributed by atoms with Gasteiger partial charge in [0.05, 0.1) is 26.5 Å². The molecule has 2 aliphatic heterocycles. The van der Waals surface area contributed by atoms with E-state index < -0.39 is 17.6 Å². The molecule has 1 unspecified atom stereocenters. The van der Waals surface area contributed by atoms with Gasteiger partial charge in [-0.1, -0.05) is 6.07 Å². The molecule has 9 nitrogen and oxygen atoms in total. The van der Waals surface area contributed by atoms with E-state index in [2.05, 4.69) is 5.32 Å². The molecule has 2 aliphatic rings. The summed E-state index contributed by atoms with van der Waals surface area (Å²) in [5.41, 5.74) is -0.421. The summed E-state index contributed by atoms with van der Waals surface area (Å²) in [5, 5.41) is 2.83. The van der Waals surface area contributed by atoms with E-state index in [-0.39, 0.29) is 49.5 Å². The molecule has 0 aliphatic carbocycles. The average Bonchev–Trinajstić information content (AvgIpc) is 3.60. The van der Waals surface area contributed by atoms with Crippen LogP contribution >= 0.6 is 0 Å². The number of carbonyl (C=O) groups excluding carboxylic acids is 3. The molecule has 198 valence electrons. The molecule has 1 aromatic heterocycles. The normalized spacial score (nSPS) is 18.4. The van der Waals surface area contributed by atoms with Crippen molar-refractivity contribution in [3.8, 4) is 5.75 Å². The first-order valence-electron chi connectivity index (χ1n) is 12.4. The third kappa shape index (κ3) is 4.99. The van der Waals surface area contributed by atoms with E-state index >= 15 is 0 Å². The maximum Gasteiger partial charge on any atom is 0.256 e. The van der Waals surface area contributed by atoms with E-state index in [0.717, 1.165) is 0 Å². The second kappa shape index (κ2) is 10.7. The number of furan rings is 1. The van der Waals surface area contributed by atoms with Gasteiger partial charge in [0.15, 0.2) is 0 Å². The number of benzene rings is 2. The van der Waals surface area contributed by atoms with Gasteiger partial charge in [-0.3, -0.25) is 19.3 Å². The molecule has 3 aromatic rings. The molecule has 0 bridgehead atoms. The molecule has 5 rings (SSSR count). The lowest BCUT2D eigenvalue weighted by Gasteiger charge is -2.44. The third-order valence-electron chi connectivity index (χ3n) is 7.04. The summed E-state index contributed by atoms with van der Waals surface area (Å²) in [4.78, 5) is 43.2. The highest BCUT2D eigenvalue weighted by molar-refractivity contribution is 5.98. The van der Waals surface area contributed by atoms with Crippen LogP contribution in [0.1, 0.15) is 39.3 Å². The molecular formula is C28H28FN3O6. The summed E-state index contributed by atoms with van der Waals surface area (Å²) in [6.45, 7) is 0.754. The zero-order valence-electron chi connectivity index (χ0n) is 20.9. The molecule has 10 heteroatoms. The van der Waals surface area contributed by atoms with Crippen LogP contribution in [0, 0.1) is 5.82 Å². The Labute approximate surface area is 219 Å². The first-order chi connectivity index (χ1) is 18.4. The second-order valence-electron chi connectivity index (χ2n) is 9.28. The number of halogens is 1. The molecule has 2 saturated heterocycles. The molecule has 0 radical (unpaired) electrons. The summed E-state index contributed by atoms with van der Waals surface area (Å²) < 4.78 is 30.4. The van der Waals surface area contributed by atoms with Gasteiger partial charge >= 0.3 is 0 Å². The minimum Gasteiger partial charge on any atom is -0.497 e. The lowest BCUT2D eigenvalue weighted by molar-refractivity contribution is -0.128. The van der Waals surface area contributed by atoms with E-state index in [4.69, 9.17) is 13.9 Å². The van der Waals surface area contributed by atoms with Crippen molar-refractivity contribution in [3.05, 3.63) is 89.6 Å². The van der Waals surface area contributed by atoms with Gasteiger partial charge < -0.3 is 24.1 Å². The van der Waals surface area contributed by atoms with Crippen molar-refractivity contribution in [3.63, 3.8) is 0 Å². The van der Waals surface area contributed by atoms with Crippen LogP contribution in [0.4, 0.5) is 4.39 Å². The minimum absolute atomic E-state index is 0.0176. The molecule has 1 spiro atoms. The van der Waals surface area contributed by atoms with Crippen LogP contribution in [0.15, 0.2) is 71.3 Å². The van der Waals surface area contributed by atoms with Crippen LogP contribution in [-0.4, -0.2) is 66.1 Å². The van der Waals surface area contributed by atoms with Crippen LogP contribution in [0.5, 0.6) is 5.75 Å². The summed E-state index contributed by atoms with van der Waals surface area (Å²) >= 11 is 0. The summed E-state index contributed by atoms with van der Waals surface area (Å²) in [6, 6.07) is 14.8. The SMILES string of the molecule is COc1ccc(C(=O)N2C(C(=O)NCc3ccco3)COC23CCN(C(=O)c2cccc(F)c2)CC3)cc1. The lowest BCUT2D eigenvalue weighted by atomic mass is 9.96. The molecule has 1 N–H and O–H groups in total. The fraction of sp³-hybridized carbons (Fsp3) is 0.321. The molecule has 1 atom stereocenters. The Hall–Kier alpha value is -4.18. The van der Waals surface area contributed by atoms with Gasteiger partial charge in [0.2, 0.25) is 5.91 Å². The van der Waals surface area contributed by atoms with Crippen LogP contribution in [0.25, 0.3) is 0 Å². The Kier molecular flexibility index (Phi) is 7.15. The van der Waals surface area contributed by atoms with Crippen molar-refractivity contribution < 1.29 is 32.7 Å². The van der Waals surface area contributed by atoms with E-state index in [0.29, 0.717) is 29.9 Å². The number of methoxy groups -OCH3 is 1. The van der Waals surface area contributed by atoms with E-state index in [1.54, 1.807) is 54.5 Å². The number of likely N-dealkylation sites (tertiary alicyclic amines) is 1. The van der Waals surface area contributed by atoms with Gasteiger partial charge in [-0.15, -0.1) is 0 Å². The Morgan fingerprint density at radius 2 is 1.79 bits per heavy atom. The van der Waals surface area contributed by atoms with Gasteiger partial charge in [-0.05, 0) is 54.6 Å². The van der Waals surface area contributed by atoms with Crippen LogP contribution < -0.4 is 10.1 Å². The largest absolute Gasteiger partial charge is 0.497 e. The van der Waals surface area contributed by atoms with Crippen molar-refractivity contribution in [2.24, 2.45) is 0 Å². The minimum atomic E-state index is -1.07. The number of nitrogens with zero attached hydrogens (tertiary/aromatic N) is 2. The third-order valence-corrected chi connectivity index (χ3v) is 7.04. The van der Waals surface area contributed by atoms with E-state index in [9.17, 15) is 18.8 Å². The van der Waals surface area contributed by atoms with Crippen molar-refractivity contribution >= 4 is 17.7 Å². The predicted molar refractivity (Wildman–Crippen MR) is 134 cm³/mol. The standard InChI is InChI=1S/C28H28FN3O6/c1-36-22-9-7-19(8-10-22)27(35)32-24(25(33)30-17-23-6-3-15-37-23)18-38-28(32)11-13-31(14-12-28)26(34)20-4-2-5-21(29)16-20/h2-10,15-16,24H,11-14,17-18H2,1H3,(H,30,33). The van der Waals surface area contributed by atoms with Gasteiger partial charge in [0, 0.05) is 37.1 Å². The first-order valence-corrected chi connectivity index (χ1v) is 12.4. The van der Waals surface area contributed by atoms with Gasteiger partial charge in [0.25, 0.3) is 11.8 Å². The fourth-order valence-electron chi connectivity index (χ4n) is 5.01. The Bertz CT molecular complexity index is 1300. The molecule has 2 fully saturated rings. The predicted octanol–water partition coefficient (Wildman–Crippen LogP) is 3.22. The number of piperidine rings is 1. The first kappa shape index (κ1) is 25.5. The van der Waals surface area contributed by atoms with Crippen molar-refractivity contribution in [2.75, 3.05) is 26.8 Å². The topological polar surface area (TPSA) is 101 Å². The number of amides is 3. The highest BCUT2D eigenvalue weighted by Gasteiger charge is 2.54. The average molecular weight is 522 g/mol. The van der Waals surface area contributed by atoms with Crippen molar-refractivity contribution in [2.45, 2.75) is 31.2 Å². The van der Waals surface area contributed by atoms with Crippen molar-refractivity contribution in [1.29, 1.82) is 0 Å². The number of nitrogens with one attached hydrogen (secondary N) is 1. The van der Waals surface area contributed by atoms with Gasteiger partial charge in [-0.25, -0.2) is 4.39 Å². The number of hydrogen-bond donors (Lipinski definition) is 1. The quantitative estimate of drug-likeness (QED) is 0.535. The summed E-state index contributed by atoms with van der Waals surface area (Å²) in [6.07, 6.45) is 2.13. The zero-order valence-corrected chi connectivity index (χ0v) is 20.9. The highest BCUT2D eigenvalue weighted by Crippen LogP contribution is 2.39. The molecule has 3 heterocycles. The number of ether oxygens (including phenoxy) is 2. The zero-order chi connectivity index (χ0) is 26.7. The van der Waals surface area contributed by atoms with Crippen LogP contribution in [0.2, 0.25) is 0 Å². The second-order valence-corrected chi connectivity index (χ2v) is 9.28. The number of rotatable bonds is 6. The molecule has 3 amide bonds. The van der Waals surface area contributed by atoms with E-state index in [1.807, 2.05) is 0 Å². The Balaban J connectivity index is 1.37. The van der Waals surface area contributed by atoms with Gasteiger partial charge in [0.1, 0.15) is 29.1 Å². The number of hydrogen-bond acceptors (Lipinski definition) is 6. The maximum absolute atomic E-state index is 13.8. The highest BCUT2D eigenvalue weighted by atomic mass is 19.1. The maximum atomic E-state index is 13.8. The summed E-state index contributed by atoms with van der Waals surface area (Å²) in [7, 11) is 1.54. The van der Waals surface area contributed by atoms with Crippen LogP contribution in [0.3, 0.4) is 0 Å². The Morgan fingerprint density at radius 3 is 2.45 bits per heavy atom. The molecule has 2 aromatic carbocycles. The van der Waals surface area contributed by atoms with Crippen LogP contribution in [-0.2, 0) is 16.1 Å². The van der Waals surface area contributed by atoms with Crippen molar-refractivity contribution in [1.82, 2.24) is 15.1 Å². The lowest BCUT2D eigenvalue weighted by Crippen LogP contribution is -2.59. The molecular weight excluding hydrogens is 493 g/mol. The molecule has 0 saturated carbocycles. The fourth-order valence-corrected chi connectivity index (χ4v) is 5.01. The van der Waals surface area contributed by atoms with Gasteiger partial charge in [-0.2, -0.15) is 0 Å². The number of carbonyl (C=O) groups is 3.